The Morgan fingerprint density at radius 3 is 2.45 bits per heavy atom. The van der Waals surface area contributed by atoms with E-state index >= 15 is 0 Å². The largest absolute Gasteiger partial charge is 0.493 e. The fourth-order valence-electron chi connectivity index (χ4n) is 8.59. The standard InChI is InChI=1S/C33H33N3O6S2/c1-41-22-14-17(10-11-21(22)42-16-23(37)35-12-6-3-7-13-35)24-25-19-15-20(28(25)43-30-29(24)44-33(40)34-30)27-26(19)31(38)36(32(27)39)18-8-4-2-5-9-18/h2,4-5,8-11,14,19-20,24-28H,3,6-7,12-13,15-16H2,1H3,(H,34,40)/t19?,20?,24-,25?,26?,27?,28?/m1/s1. The highest BCUT2D eigenvalue weighted by atomic mass is 32.2. The highest BCUT2D eigenvalue weighted by molar-refractivity contribution is 8.00. The van der Waals surface area contributed by atoms with Gasteiger partial charge in [-0.2, -0.15) is 0 Å². The predicted molar refractivity (Wildman–Crippen MR) is 166 cm³/mol. The molecule has 1 aromatic heterocycles. The van der Waals surface area contributed by atoms with Crippen molar-refractivity contribution in [3.05, 3.63) is 68.6 Å². The maximum Gasteiger partial charge on any atom is 0.305 e. The van der Waals surface area contributed by atoms with E-state index in [1.165, 1.54) is 16.2 Å². The third-order valence-corrected chi connectivity index (χ3v) is 12.9. The Morgan fingerprint density at radius 1 is 0.955 bits per heavy atom. The fraction of sp³-hybridized carbons (Fsp3) is 0.455. The van der Waals surface area contributed by atoms with Gasteiger partial charge < -0.3 is 19.4 Å². The molecule has 2 aliphatic carbocycles. The van der Waals surface area contributed by atoms with Gasteiger partial charge in [-0.05, 0) is 73.3 Å². The van der Waals surface area contributed by atoms with Crippen LogP contribution in [0.15, 0.2) is 58.4 Å². The second-order valence-electron chi connectivity index (χ2n) is 12.4. The summed E-state index contributed by atoms with van der Waals surface area (Å²) in [5, 5.41) is 0.957. The molecule has 2 saturated carbocycles. The van der Waals surface area contributed by atoms with Crippen LogP contribution in [-0.2, 0) is 14.4 Å². The summed E-state index contributed by atoms with van der Waals surface area (Å²) in [5.41, 5.74) is 1.61. The van der Waals surface area contributed by atoms with Crippen LogP contribution in [-0.4, -0.2) is 59.7 Å². The quantitative estimate of drug-likeness (QED) is 0.399. The summed E-state index contributed by atoms with van der Waals surface area (Å²) in [6, 6.07) is 15.0. The van der Waals surface area contributed by atoms with Crippen molar-refractivity contribution >= 4 is 46.5 Å². The number of nitrogens with zero attached hydrogens (tertiary/aromatic N) is 2. The number of hydrogen-bond donors (Lipinski definition) is 1. The molecule has 0 spiro atoms. The number of nitrogens with one attached hydrogen (secondary N) is 1. The van der Waals surface area contributed by atoms with E-state index < -0.39 is 0 Å². The van der Waals surface area contributed by atoms with Crippen LogP contribution in [0.1, 0.15) is 42.0 Å². The van der Waals surface area contributed by atoms with Crippen molar-refractivity contribution in [2.75, 3.05) is 31.7 Å². The first kappa shape index (κ1) is 27.9. The summed E-state index contributed by atoms with van der Waals surface area (Å²) in [5.74, 6) is 0.109. The Balaban J connectivity index is 1.12. The molecule has 1 N–H and O–H groups in total. The van der Waals surface area contributed by atoms with Gasteiger partial charge >= 0.3 is 4.87 Å². The van der Waals surface area contributed by atoms with Gasteiger partial charge in [0.05, 0.1) is 29.7 Å². The number of H-pyrrole nitrogens is 1. The highest BCUT2D eigenvalue weighted by Gasteiger charge is 2.69. The average Bonchev–Trinajstić information content (AvgIpc) is 3.79. The predicted octanol–water partition coefficient (Wildman–Crippen LogP) is 4.51. The molecular weight excluding hydrogens is 599 g/mol. The molecule has 8 rings (SSSR count). The van der Waals surface area contributed by atoms with Crippen LogP contribution in [0.5, 0.6) is 11.5 Å². The molecule has 5 aliphatic rings. The number of rotatable bonds is 6. The van der Waals surface area contributed by atoms with E-state index in [2.05, 4.69) is 4.98 Å². The smallest absolute Gasteiger partial charge is 0.305 e. The number of methoxy groups -OCH3 is 1. The molecule has 7 atom stereocenters. The van der Waals surface area contributed by atoms with E-state index in [4.69, 9.17) is 9.47 Å². The molecule has 2 saturated heterocycles. The van der Waals surface area contributed by atoms with E-state index in [0.717, 1.165) is 54.2 Å². The molecule has 4 fully saturated rings. The Morgan fingerprint density at radius 2 is 1.70 bits per heavy atom. The molecule has 0 radical (unpaired) electrons. The number of para-hydroxylation sites is 1. The number of piperidine rings is 1. The van der Waals surface area contributed by atoms with Crippen molar-refractivity contribution in [1.29, 1.82) is 0 Å². The summed E-state index contributed by atoms with van der Waals surface area (Å²) in [7, 11) is 1.58. The van der Waals surface area contributed by atoms with E-state index in [-0.39, 0.29) is 70.0 Å². The molecule has 44 heavy (non-hydrogen) atoms. The van der Waals surface area contributed by atoms with Gasteiger partial charge in [-0.1, -0.05) is 35.6 Å². The maximum atomic E-state index is 13.9. The number of thioether (sulfide) groups is 1. The highest BCUT2D eigenvalue weighted by Crippen LogP contribution is 2.68. The molecule has 2 aromatic carbocycles. The van der Waals surface area contributed by atoms with E-state index in [0.29, 0.717) is 17.2 Å². The van der Waals surface area contributed by atoms with Gasteiger partial charge in [0, 0.05) is 29.1 Å². The van der Waals surface area contributed by atoms with Crippen LogP contribution in [0.4, 0.5) is 5.69 Å². The number of ether oxygens (including phenoxy) is 2. The molecule has 9 nitrogen and oxygen atoms in total. The normalized spacial score (nSPS) is 30.2. The van der Waals surface area contributed by atoms with Crippen LogP contribution in [0.25, 0.3) is 0 Å². The van der Waals surface area contributed by atoms with Crippen molar-refractivity contribution in [3.8, 4) is 11.5 Å². The lowest BCUT2D eigenvalue weighted by molar-refractivity contribution is -0.134. The maximum absolute atomic E-state index is 13.9. The van der Waals surface area contributed by atoms with Gasteiger partial charge in [0.15, 0.2) is 18.1 Å². The number of anilines is 1. The monoisotopic (exact) mass is 631 g/mol. The van der Waals surface area contributed by atoms with Crippen LogP contribution in [0, 0.1) is 29.6 Å². The molecule has 3 aromatic rings. The number of aromatic nitrogens is 1. The van der Waals surface area contributed by atoms with Gasteiger partial charge in [-0.3, -0.25) is 24.1 Å². The molecule has 228 valence electrons. The van der Waals surface area contributed by atoms with Gasteiger partial charge in [-0.25, -0.2) is 0 Å². The number of thiazole rings is 1. The van der Waals surface area contributed by atoms with Crippen molar-refractivity contribution in [1.82, 2.24) is 9.88 Å². The van der Waals surface area contributed by atoms with E-state index in [9.17, 15) is 19.2 Å². The van der Waals surface area contributed by atoms with Crippen LogP contribution in [0.2, 0.25) is 0 Å². The fourth-order valence-corrected chi connectivity index (χ4v) is 11.5. The molecule has 3 aliphatic heterocycles. The number of amides is 3. The number of aromatic amines is 1. The van der Waals surface area contributed by atoms with Crippen LogP contribution >= 0.6 is 23.1 Å². The van der Waals surface area contributed by atoms with Gasteiger partial charge in [0.2, 0.25) is 11.8 Å². The number of carbonyl (C=O) groups excluding carboxylic acids is 3. The molecular formula is C33H33N3O6S2. The molecule has 4 heterocycles. The van der Waals surface area contributed by atoms with Gasteiger partial charge in [-0.15, -0.1) is 11.8 Å². The first-order valence-electron chi connectivity index (χ1n) is 15.4. The van der Waals surface area contributed by atoms with Crippen LogP contribution in [0.3, 0.4) is 0 Å². The number of carbonyl (C=O) groups is 3. The van der Waals surface area contributed by atoms with Crippen molar-refractivity contribution in [3.63, 3.8) is 0 Å². The third kappa shape index (κ3) is 4.26. The summed E-state index contributed by atoms with van der Waals surface area (Å²) in [6.07, 6.45) is 4.01. The minimum absolute atomic E-state index is 0.0205. The molecule has 6 unspecified atom stereocenters. The lowest BCUT2D eigenvalue weighted by Crippen LogP contribution is -2.42. The summed E-state index contributed by atoms with van der Waals surface area (Å²) in [6.45, 7) is 1.48. The zero-order valence-electron chi connectivity index (χ0n) is 24.3. The lowest BCUT2D eigenvalue weighted by Gasteiger charge is -2.43. The third-order valence-electron chi connectivity index (χ3n) is 10.3. The van der Waals surface area contributed by atoms with E-state index in [1.54, 1.807) is 18.9 Å². The SMILES string of the molecule is COc1cc([C@H]2c3sc(=O)[nH]c3SC3C4CC(C5C(=O)N(c6ccccc6)C(=O)C45)C32)ccc1OCC(=O)N1CCCCC1. The van der Waals surface area contributed by atoms with Crippen LogP contribution < -0.4 is 19.2 Å². The number of imide groups is 1. The summed E-state index contributed by atoms with van der Waals surface area (Å²) >= 11 is 2.90. The Bertz CT molecular complexity index is 1700. The van der Waals surface area contributed by atoms with Gasteiger partial charge in [0.1, 0.15) is 0 Å². The molecule has 11 heteroatoms. The average molecular weight is 632 g/mol. The Kier molecular flexibility index (Phi) is 6.86. The minimum atomic E-state index is -0.362. The minimum Gasteiger partial charge on any atom is -0.493 e. The van der Waals surface area contributed by atoms with E-state index in [1.807, 2.05) is 53.4 Å². The second kappa shape index (κ2) is 10.8. The van der Waals surface area contributed by atoms with Gasteiger partial charge in [0.25, 0.3) is 5.91 Å². The lowest BCUT2D eigenvalue weighted by atomic mass is 9.68. The second-order valence-corrected chi connectivity index (χ2v) is 14.7. The Hall–Kier alpha value is -3.57. The molecule has 2 bridgehead atoms. The first-order chi connectivity index (χ1) is 21.4. The first-order valence-corrected chi connectivity index (χ1v) is 17.0. The number of benzene rings is 2. The number of fused-ring (bicyclic) bond motifs is 9. The van der Waals surface area contributed by atoms with Crippen molar-refractivity contribution in [2.24, 2.45) is 29.6 Å². The number of hydrogen-bond acceptors (Lipinski definition) is 8. The molecule has 3 amide bonds. The topological polar surface area (TPSA) is 109 Å². The van der Waals surface area contributed by atoms with Crippen molar-refractivity contribution in [2.45, 2.75) is 41.9 Å². The number of likely N-dealkylation sites (tertiary alicyclic amines) is 1. The zero-order valence-corrected chi connectivity index (χ0v) is 25.9. The van der Waals surface area contributed by atoms with Crippen molar-refractivity contribution < 1.29 is 23.9 Å². The Labute approximate surface area is 262 Å². The zero-order chi connectivity index (χ0) is 30.1. The summed E-state index contributed by atoms with van der Waals surface area (Å²) < 4.78 is 11.7. The summed E-state index contributed by atoms with van der Waals surface area (Å²) in [4.78, 5) is 60.3.